The summed E-state index contributed by atoms with van der Waals surface area (Å²) in [7, 11) is 0. The number of likely N-dealkylation sites (tertiary alicyclic amines) is 1. The normalized spacial score (nSPS) is 18.4. The molecule has 2 heterocycles. The first-order valence-electron chi connectivity index (χ1n) is 7.00. The summed E-state index contributed by atoms with van der Waals surface area (Å²) in [5.41, 5.74) is 0.00762. The summed E-state index contributed by atoms with van der Waals surface area (Å²) >= 11 is 5.87. The van der Waals surface area contributed by atoms with Gasteiger partial charge in [-0.3, -0.25) is 9.78 Å². The predicted molar refractivity (Wildman–Crippen MR) is 80.0 cm³/mol. The Morgan fingerprint density at radius 3 is 2.91 bits per heavy atom. The van der Waals surface area contributed by atoms with E-state index in [2.05, 4.69) is 15.2 Å². The van der Waals surface area contributed by atoms with Crippen LogP contribution in [0.1, 0.15) is 41.5 Å². The number of amides is 1. The average Bonchev–Trinajstić information content (AvgIpc) is 2.96. The number of carbonyl (C=O) groups excluding carboxylic acids is 1. The summed E-state index contributed by atoms with van der Waals surface area (Å²) in [6.07, 6.45) is 2.58. The molecule has 1 aliphatic rings. The number of aromatic hydroxyl groups is 1. The predicted octanol–water partition coefficient (Wildman–Crippen LogP) is 1.82. The van der Waals surface area contributed by atoms with Crippen LogP contribution in [0, 0.1) is 0 Å². The molecule has 0 spiro atoms. The summed E-state index contributed by atoms with van der Waals surface area (Å²) in [6, 6.07) is 4.10. The second kappa shape index (κ2) is 5.84. The van der Waals surface area contributed by atoms with Crippen LogP contribution in [-0.4, -0.2) is 37.6 Å². The van der Waals surface area contributed by atoms with Gasteiger partial charge >= 0.3 is 5.69 Å². The molecule has 0 aliphatic carbocycles. The van der Waals surface area contributed by atoms with Gasteiger partial charge in [-0.2, -0.15) is 5.10 Å². The second-order valence-electron chi connectivity index (χ2n) is 5.24. The minimum absolute atomic E-state index is 0.0648. The van der Waals surface area contributed by atoms with Gasteiger partial charge in [-0.15, -0.1) is 0 Å². The van der Waals surface area contributed by atoms with Gasteiger partial charge in [0.15, 0.2) is 5.82 Å². The van der Waals surface area contributed by atoms with E-state index in [4.69, 9.17) is 11.6 Å². The highest BCUT2D eigenvalue weighted by atomic mass is 35.5. The Hall–Kier alpha value is -2.28. The molecule has 0 radical (unpaired) electrons. The van der Waals surface area contributed by atoms with E-state index in [1.165, 1.54) is 18.2 Å². The number of phenols is 1. The van der Waals surface area contributed by atoms with Gasteiger partial charge in [0, 0.05) is 12.1 Å². The van der Waals surface area contributed by atoms with Crippen LogP contribution in [0.4, 0.5) is 0 Å². The smallest absolute Gasteiger partial charge is 0.340 e. The lowest BCUT2D eigenvalue weighted by atomic mass is 10.00. The Morgan fingerprint density at radius 2 is 2.23 bits per heavy atom. The van der Waals surface area contributed by atoms with Crippen LogP contribution in [0.3, 0.4) is 0 Å². The van der Waals surface area contributed by atoms with Crippen LogP contribution < -0.4 is 5.69 Å². The Kier molecular flexibility index (Phi) is 3.89. The van der Waals surface area contributed by atoms with Crippen molar-refractivity contribution in [2.24, 2.45) is 0 Å². The summed E-state index contributed by atoms with van der Waals surface area (Å²) < 4.78 is 0. The van der Waals surface area contributed by atoms with E-state index in [0.29, 0.717) is 17.9 Å². The Bertz CT molecular complexity index is 755. The van der Waals surface area contributed by atoms with Gasteiger partial charge in [0.05, 0.1) is 11.1 Å². The third-order valence-electron chi connectivity index (χ3n) is 3.79. The number of benzene rings is 1. The van der Waals surface area contributed by atoms with Crippen molar-refractivity contribution in [1.82, 2.24) is 20.1 Å². The summed E-state index contributed by atoms with van der Waals surface area (Å²) in [5, 5.41) is 15.9. The number of piperidine rings is 1. The highest BCUT2D eigenvalue weighted by Gasteiger charge is 2.31. The van der Waals surface area contributed by atoms with Crippen LogP contribution in [0.5, 0.6) is 5.75 Å². The highest BCUT2D eigenvalue weighted by Crippen LogP contribution is 2.31. The minimum Gasteiger partial charge on any atom is -0.506 e. The molecular formula is C14H15ClN4O3. The van der Waals surface area contributed by atoms with E-state index in [1.807, 2.05) is 0 Å². The molecule has 116 valence electrons. The van der Waals surface area contributed by atoms with Crippen molar-refractivity contribution in [1.29, 1.82) is 0 Å². The lowest BCUT2D eigenvalue weighted by molar-refractivity contribution is 0.0600. The Labute approximate surface area is 130 Å². The van der Waals surface area contributed by atoms with Crippen molar-refractivity contribution in [2.75, 3.05) is 6.54 Å². The monoisotopic (exact) mass is 322 g/mol. The van der Waals surface area contributed by atoms with Gasteiger partial charge in [-0.1, -0.05) is 11.6 Å². The summed E-state index contributed by atoms with van der Waals surface area (Å²) in [5.74, 6) is 0.198. The molecule has 1 aliphatic heterocycles. The molecule has 1 aromatic carbocycles. The molecule has 3 N–H and O–H groups in total. The summed E-state index contributed by atoms with van der Waals surface area (Å²) in [6.45, 7) is 0.580. The van der Waals surface area contributed by atoms with E-state index < -0.39 is 0 Å². The number of nitrogens with zero attached hydrogens (tertiary/aromatic N) is 2. The SMILES string of the molecule is O=C(c1ccc(O)c(Cl)c1)N1CCCCC1c1n[nH]c(=O)[nH]1. The van der Waals surface area contributed by atoms with Gasteiger partial charge in [0.1, 0.15) is 5.75 Å². The van der Waals surface area contributed by atoms with Crippen molar-refractivity contribution in [2.45, 2.75) is 25.3 Å². The van der Waals surface area contributed by atoms with E-state index >= 15 is 0 Å². The van der Waals surface area contributed by atoms with Crippen molar-refractivity contribution in [3.63, 3.8) is 0 Å². The maximum atomic E-state index is 12.7. The van der Waals surface area contributed by atoms with Gasteiger partial charge in [-0.25, -0.2) is 9.89 Å². The number of halogens is 1. The quantitative estimate of drug-likeness (QED) is 0.784. The standard InChI is InChI=1S/C14H15ClN4O3/c15-9-7-8(4-5-11(9)20)13(21)19-6-2-1-3-10(19)12-16-14(22)18-17-12/h4-5,7,10,20H,1-3,6H2,(H2,16,17,18,22). The zero-order chi connectivity index (χ0) is 15.7. The van der Waals surface area contributed by atoms with Crippen molar-refractivity contribution in [3.8, 4) is 5.75 Å². The molecule has 1 saturated heterocycles. The Balaban J connectivity index is 1.91. The molecular weight excluding hydrogens is 308 g/mol. The number of hydrogen-bond acceptors (Lipinski definition) is 4. The number of rotatable bonds is 2. The Morgan fingerprint density at radius 1 is 1.41 bits per heavy atom. The lowest BCUT2D eigenvalue weighted by Gasteiger charge is -2.34. The molecule has 8 heteroatoms. The van der Waals surface area contributed by atoms with Crippen LogP contribution in [-0.2, 0) is 0 Å². The molecule has 1 atom stereocenters. The molecule has 22 heavy (non-hydrogen) atoms. The molecule has 2 aromatic rings. The number of hydrogen-bond donors (Lipinski definition) is 3. The number of carbonyl (C=O) groups is 1. The minimum atomic E-state index is -0.388. The van der Waals surface area contributed by atoms with Crippen LogP contribution in [0.2, 0.25) is 5.02 Å². The lowest BCUT2D eigenvalue weighted by Crippen LogP contribution is -2.39. The topological polar surface area (TPSA) is 102 Å². The average molecular weight is 323 g/mol. The molecule has 0 bridgehead atoms. The molecule has 0 saturated carbocycles. The first kappa shape index (κ1) is 14.6. The zero-order valence-corrected chi connectivity index (χ0v) is 12.4. The fourth-order valence-corrected chi connectivity index (χ4v) is 2.89. The molecule has 1 amide bonds. The molecule has 7 nitrogen and oxygen atoms in total. The van der Waals surface area contributed by atoms with Crippen molar-refractivity contribution >= 4 is 17.5 Å². The van der Waals surface area contributed by atoms with Crippen LogP contribution in [0.15, 0.2) is 23.0 Å². The third-order valence-corrected chi connectivity index (χ3v) is 4.10. The van der Waals surface area contributed by atoms with E-state index in [1.54, 1.807) is 4.90 Å². The maximum absolute atomic E-state index is 12.7. The number of H-pyrrole nitrogens is 2. The van der Waals surface area contributed by atoms with E-state index in [-0.39, 0.29) is 28.4 Å². The van der Waals surface area contributed by atoms with Crippen molar-refractivity contribution < 1.29 is 9.90 Å². The number of phenolic OH excluding ortho intramolecular Hbond substituents is 1. The largest absolute Gasteiger partial charge is 0.506 e. The molecule has 1 unspecified atom stereocenters. The van der Waals surface area contributed by atoms with Gasteiger partial charge in [0.25, 0.3) is 5.91 Å². The maximum Gasteiger partial charge on any atom is 0.340 e. The number of aromatic amines is 2. The highest BCUT2D eigenvalue weighted by molar-refractivity contribution is 6.32. The number of nitrogens with one attached hydrogen (secondary N) is 2. The number of aromatic nitrogens is 3. The van der Waals surface area contributed by atoms with Crippen molar-refractivity contribution in [3.05, 3.63) is 45.1 Å². The first-order chi connectivity index (χ1) is 10.6. The fraction of sp³-hybridized carbons (Fsp3) is 0.357. The van der Waals surface area contributed by atoms with Crippen LogP contribution >= 0.6 is 11.6 Å². The van der Waals surface area contributed by atoms with E-state index in [9.17, 15) is 14.7 Å². The first-order valence-corrected chi connectivity index (χ1v) is 7.38. The summed E-state index contributed by atoms with van der Waals surface area (Å²) in [4.78, 5) is 28.2. The van der Waals surface area contributed by atoms with Gasteiger partial charge < -0.3 is 10.0 Å². The second-order valence-corrected chi connectivity index (χ2v) is 5.65. The molecule has 1 aromatic heterocycles. The fourth-order valence-electron chi connectivity index (χ4n) is 2.71. The zero-order valence-electron chi connectivity index (χ0n) is 11.7. The third kappa shape index (κ3) is 2.71. The van der Waals surface area contributed by atoms with Gasteiger partial charge in [-0.05, 0) is 37.5 Å². The molecule has 3 rings (SSSR count). The molecule has 1 fully saturated rings. The van der Waals surface area contributed by atoms with E-state index in [0.717, 1.165) is 19.3 Å². The van der Waals surface area contributed by atoms with Crippen LogP contribution in [0.25, 0.3) is 0 Å². The van der Waals surface area contributed by atoms with Gasteiger partial charge in [0.2, 0.25) is 0 Å².